The van der Waals surface area contributed by atoms with Crippen molar-refractivity contribution in [1.29, 1.82) is 0 Å². The van der Waals surface area contributed by atoms with Crippen molar-refractivity contribution in [2.45, 2.75) is 32.7 Å². The summed E-state index contributed by atoms with van der Waals surface area (Å²) in [7, 11) is 0. The SMILES string of the molecule is Cc1ccc(I)c(C(=O)NC(C)CCC(=O)O)c1. The third-order valence-electron chi connectivity index (χ3n) is 2.54. The number of aryl methyl sites for hydroxylation is 1. The van der Waals surface area contributed by atoms with E-state index in [0.29, 0.717) is 12.0 Å². The van der Waals surface area contributed by atoms with Gasteiger partial charge in [-0.05, 0) is 55.0 Å². The lowest BCUT2D eigenvalue weighted by Crippen LogP contribution is -2.33. The molecule has 0 aliphatic rings. The summed E-state index contributed by atoms with van der Waals surface area (Å²) in [5.74, 6) is -0.998. The van der Waals surface area contributed by atoms with Crippen LogP contribution in [-0.4, -0.2) is 23.0 Å². The molecule has 5 heteroatoms. The summed E-state index contributed by atoms with van der Waals surface area (Å²) < 4.78 is 0.890. The molecule has 0 aliphatic heterocycles. The molecule has 0 spiro atoms. The van der Waals surface area contributed by atoms with Crippen molar-refractivity contribution in [3.63, 3.8) is 0 Å². The number of carboxylic acid groups (broad SMARTS) is 1. The standard InChI is InChI=1S/C13H16INO3/c1-8-3-5-11(14)10(7-8)13(18)15-9(2)4-6-12(16)17/h3,5,7,9H,4,6H2,1-2H3,(H,15,18)(H,16,17). The van der Waals surface area contributed by atoms with E-state index in [1.165, 1.54) is 0 Å². The molecule has 1 aromatic carbocycles. The maximum atomic E-state index is 12.0. The molecule has 18 heavy (non-hydrogen) atoms. The van der Waals surface area contributed by atoms with Gasteiger partial charge in [-0.1, -0.05) is 11.6 Å². The zero-order chi connectivity index (χ0) is 13.7. The normalized spacial score (nSPS) is 11.9. The van der Waals surface area contributed by atoms with E-state index in [2.05, 4.69) is 27.9 Å². The second-order valence-electron chi connectivity index (χ2n) is 4.29. The number of nitrogens with one attached hydrogen (secondary N) is 1. The van der Waals surface area contributed by atoms with Crippen LogP contribution in [0.1, 0.15) is 35.7 Å². The number of amides is 1. The Kier molecular flexibility index (Phi) is 5.58. The molecule has 1 rings (SSSR count). The van der Waals surface area contributed by atoms with Gasteiger partial charge in [-0.25, -0.2) is 0 Å². The minimum atomic E-state index is -0.846. The summed E-state index contributed by atoms with van der Waals surface area (Å²) in [6.45, 7) is 3.74. The van der Waals surface area contributed by atoms with Gasteiger partial charge >= 0.3 is 5.97 Å². The second kappa shape index (κ2) is 6.72. The van der Waals surface area contributed by atoms with Crippen LogP contribution in [0, 0.1) is 10.5 Å². The van der Waals surface area contributed by atoms with Gasteiger partial charge in [0.25, 0.3) is 5.91 Å². The van der Waals surface area contributed by atoms with Gasteiger partial charge in [-0.2, -0.15) is 0 Å². The van der Waals surface area contributed by atoms with Crippen LogP contribution in [0.2, 0.25) is 0 Å². The molecule has 2 N–H and O–H groups in total. The Morgan fingerprint density at radius 2 is 2.11 bits per heavy atom. The Labute approximate surface area is 120 Å². The maximum Gasteiger partial charge on any atom is 0.303 e. The Bertz CT molecular complexity index is 460. The molecule has 1 unspecified atom stereocenters. The Morgan fingerprint density at radius 3 is 2.72 bits per heavy atom. The second-order valence-corrected chi connectivity index (χ2v) is 5.45. The maximum absolute atomic E-state index is 12.0. The largest absolute Gasteiger partial charge is 0.481 e. The highest BCUT2D eigenvalue weighted by atomic mass is 127. The van der Waals surface area contributed by atoms with E-state index in [1.54, 1.807) is 0 Å². The summed E-state index contributed by atoms with van der Waals surface area (Å²) in [4.78, 5) is 22.5. The van der Waals surface area contributed by atoms with Crippen molar-refractivity contribution in [2.24, 2.45) is 0 Å². The number of rotatable bonds is 5. The molecule has 0 saturated carbocycles. The van der Waals surface area contributed by atoms with Crippen LogP contribution in [0.25, 0.3) is 0 Å². The average Bonchev–Trinajstić information content (AvgIpc) is 2.29. The molecule has 0 aliphatic carbocycles. The molecule has 4 nitrogen and oxygen atoms in total. The highest BCUT2D eigenvalue weighted by molar-refractivity contribution is 14.1. The number of carboxylic acids is 1. The topological polar surface area (TPSA) is 66.4 Å². The summed E-state index contributed by atoms with van der Waals surface area (Å²) >= 11 is 2.12. The zero-order valence-electron chi connectivity index (χ0n) is 10.4. The van der Waals surface area contributed by atoms with E-state index in [1.807, 2.05) is 32.0 Å². The Hall–Kier alpha value is -1.11. The number of aliphatic carboxylic acids is 1. The molecule has 98 valence electrons. The third kappa shape index (κ3) is 4.64. The van der Waals surface area contributed by atoms with Crippen LogP contribution in [0.4, 0.5) is 0 Å². The fraction of sp³-hybridized carbons (Fsp3) is 0.385. The van der Waals surface area contributed by atoms with Gasteiger partial charge < -0.3 is 10.4 Å². The number of carbonyl (C=O) groups excluding carboxylic acids is 1. The summed E-state index contributed by atoms with van der Waals surface area (Å²) in [5.41, 5.74) is 1.66. The summed E-state index contributed by atoms with van der Waals surface area (Å²) in [6, 6.07) is 5.53. The van der Waals surface area contributed by atoms with Gasteiger partial charge in [0.2, 0.25) is 0 Å². The molecule has 0 saturated heterocycles. The number of hydrogen-bond acceptors (Lipinski definition) is 2. The van der Waals surface area contributed by atoms with Crippen LogP contribution in [0.15, 0.2) is 18.2 Å². The molecule has 1 amide bonds. The molecule has 1 aromatic rings. The lowest BCUT2D eigenvalue weighted by Gasteiger charge is -2.13. The third-order valence-corrected chi connectivity index (χ3v) is 3.48. The van der Waals surface area contributed by atoms with Crippen molar-refractivity contribution >= 4 is 34.5 Å². The van der Waals surface area contributed by atoms with E-state index in [9.17, 15) is 9.59 Å². The van der Waals surface area contributed by atoms with E-state index in [0.717, 1.165) is 9.13 Å². The molecule has 1 atom stereocenters. The zero-order valence-corrected chi connectivity index (χ0v) is 12.5. The van der Waals surface area contributed by atoms with Crippen LogP contribution in [-0.2, 0) is 4.79 Å². The van der Waals surface area contributed by atoms with Gasteiger partial charge in [0.15, 0.2) is 0 Å². The molecule has 0 aromatic heterocycles. The van der Waals surface area contributed by atoms with Gasteiger partial charge in [-0.3, -0.25) is 9.59 Å². The van der Waals surface area contributed by atoms with E-state index < -0.39 is 5.97 Å². The first kappa shape index (κ1) is 14.9. The van der Waals surface area contributed by atoms with Crippen molar-refractivity contribution < 1.29 is 14.7 Å². The summed E-state index contributed by atoms with van der Waals surface area (Å²) in [6.07, 6.45) is 0.496. The predicted octanol–water partition coefficient (Wildman–Crippen LogP) is 2.58. The first-order valence-electron chi connectivity index (χ1n) is 5.69. The average molecular weight is 361 g/mol. The van der Waals surface area contributed by atoms with Gasteiger partial charge in [0, 0.05) is 16.0 Å². The number of carbonyl (C=O) groups is 2. The van der Waals surface area contributed by atoms with Crippen LogP contribution < -0.4 is 5.32 Å². The smallest absolute Gasteiger partial charge is 0.303 e. The predicted molar refractivity (Wildman–Crippen MR) is 77.7 cm³/mol. The van der Waals surface area contributed by atoms with E-state index in [-0.39, 0.29) is 18.4 Å². The minimum absolute atomic E-state index is 0.0619. The van der Waals surface area contributed by atoms with Crippen LogP contribution in [0.3, 0.4) is 0 Å². The van der Waals surface area contributed by atoms with Crippen molar-refractivity contribution in [3.8, 4) is 0 Å². The lowest BCUT2D eigenvalue weighted by molar-refractivity contribution is -0.137. The van der Waals surface area contributed by atoms with E-state index >= 15 is 0 Å². The number of hydrogen-bond donors (Lipinski definition) is 2. The fourth-order valence-corrected chi connectivity index (χ4v) is 2.11. The van der Waals surface area contributed by atoms with Gasteiger partial charge in [0.05, 0.1) is 5.56 Å². The number of halogens is 1. The first-order chi connectivity index (χ1) is 8.40. The minimum Gasteiger partial charge on any atom is -0.481 e. The number of benzene rings is 1. The summed E-state index contributed by atoms with van der Waals surface area (Å²) in [5, 5.41) is 11.4. The highest BCUT2D eigenvalue weighted by Crippen LogP contribution is 2.14. The Balaban J connectivity index is 2.64. The molecule has 0 bridgehead atoms. The van der Waals surface area contributed by atoms with Gasteiger partial charge in [0.1, 0.15) is 0 Å². The van der Waals surface area contributed by atoms with Crippen LogP contribution >= 0.6 is 22.6 Å². The van der Waals surface area contributed by atoms with Crippen molar-refractivity contribution in [3.05, 3.63) is 32.9 Å². The highest BCUT2D eigenvalue weighted by Gasteiger charge is 2.13. The molecule has 0 heterocycles. The molecular weight excluding hydrogens is 345 g/mol. The quantitative estimate of drug-likeness (QED) is 0.793. The van der Waals surface area contributed by atoms with Crippen molar-refractivity contribution in [2.75, 3.05) is 0 Å². The lowest BCUT2D eigenvalue weighted by atomic mass is 10.1. The first-order valence-corrected chi connectivity index (χ1v) is 6.77. The van der Waals surface area contributed by atoms with Gasteiger partial charge in [-0.15, -0.1) is 0 Å². The molecule has 0 radical (unpaired) electrons. The monoisotopic (exact) mass is 361 g/mol. The fourth-order valence-electron chi connectivity index (χ4n) is 1.53. The van der Waals surface area contributed by atoms with Crippen molar-refractivity contribution in [1.82, 2.24) is 5.32 Å². The molecular formula is C13H16INO3. The molecule has 0 fully saturated rings. The van der Waals surface area contributed by atoms with E-state index in [4.69, 9.17) is 5.11 Å². The Morgan fingerprint density at radius 1 is 1.44 bits per heavy atom. The van der Waals surface area contributed by atoms with Crippen LogP contribution in [0.5, 0.6) is 0 Å².